The SMILES string of the molecule is O=[N+]([O-])c1cc(Cc2ccccc2)ccc1Oc1ccc(Cc2ccccc2)cc1[N+](=O)[O-]. The molecule has 0 aromatic heterocycles. The molecule has 164 valence electrons. The number of nitrogens with zero attached hydrogens (tertiary/aromatic N) is 2. The van der Waals surface area contributed by atoms with Crippen molar-refractivity contribution < 1.29 is 14.6 Å². The lowest BCUT2D eigenvalue weighted by Gasteiger charge is -2.10. The van der Waals surface area contributed by atoms with Crippen LogP contribution in [0.4, 0.5) is 11.4 Å². The average Bonchev–Trinajstić information content (AvgIpc) is 2.82. The Morgan fingerprint density at radius 1 is 0.545 bits per heavy atom. The molecule has 0 spiro atoms. The summed E-state index contributed by atoms with van der Waals surface area (Å²) >= 11 is 0. The summed E-state index contributed by atoms with van der Waals surface area (Å²) in [5.74, 6) is -0.0913. The highest BCUT2D eigenvalue weighted by molar-refractivity contribution is 5.56. The minimum absolute atomic E-state index is 0.0456. The Labute approximate surface area is 190 Å². The molecule has 0 fully saturated rings. The zero-order valence-corrected chi connectivity index (χ0v) is 17.6. The highest BCUT2D eigenvalue weighted by Gasteiger charge is 2.22. The van der Waals surface area contributed by atoms with E-state index in [9.17, 15) is 20.2 Å². The van der Waals surface area contributed by atoms with Crippen molar-refractivity contribution in [2.45, 2.75) is 12.8 Å². The van der Waals surface area contributed by atoms with Gasteiger partial charge in [0.2, 0.25) is 11.5 Å². The largest absolute Gasteiger partial charge is 0.443 e. The van der Waals surface area contributed by atoms with Gasteiger partial charge >= 0.3 is 11.4 Å². The van der Waals surface area contributed by atoms with Crippen molar-refractivity contribution in [3.05, 3.63) is 140 Å². The van der Waals surface area contributed by atoms with E-state index in [2.05, 4.69) is 0 Å². The Morgan fingerprint density at radius 3 is 1.30 bits per heavy atom. The summed E-state index contributed by atoms with van der Waals surface area (Å²) < 4.78 is 5.69. The molecule has 4 aromatic rings. The summed E-state index contributed by atoms with van der Waals surface area (Å²) in [5.41, 5.74) is 3.04. The van der Waals surface area contributed by atoms with Crippen molar-refractivity contribution in [3.8, 4) is 11.5 Å². The van der Waals surface area contributed by atoms with Crippen molar-refractivity contribution in [3.63, 3.8) is 0 Å². The van der Waals surface area contributed by atoms with E-state index in [1.54, 1.807) is 12.1 Å². The van der Waals surface area contributed by atoms with Gasteiger partial charge in [-0.05, 0) is 47.2 Å². The van der Waals surface area contributed by atoms with E-state index in [4.69, 9.17) is 4.74 Å². The second-order valence-corrected chi connectivity index (χ2v) is 7.55. The van der Waals surface area contributed by atoms with Crippen molar-refractivity contribution in [2.24, 2.45) is 0 Å². The molecular weight excluding hydrogens is 420 g/mol. The van der Waals surface area contributed by atoms with Crippen LogP contribution >= 0.6 is 0 Å². The molecule has 0 aliphatic heterocycles. The molecule has 0 radical (unpaired) electrons. The quantitative estimate of drug-likeness (QED) is 0.231. The topological polar surface area (TPSA) is 95.5 Å². The Kier molecular flexibility index (Phi) is 6.40. The van der Waals surface area contributed by atoms with Gasteiger partial charge in [0.05, 0.1) is 9.85 Å². The molecule has 0 aliphatic rings. The van der Waals surface area contributed by atoms with Crippen LogP contribution in [-0.2, 0) is 12.8 Å². The van der Waals surface area contributed by atoms with Gasteiger partial charge in [-0.3, -0.25) is 20.2 Å². The van der Waals surface area contributed by atoms with E-state index in [0.29, 0.717) is 12.8 Å². The van der Waals surface area contributed by atoms with Gasteiger partial charge in [-0.2, -0.15) is 0 Å². The minimum atomic E-state index is -0.542. The first kappa shape index (κ1) is 21.7. The lowest BCUT2D eigenvalue weighted by atomic mass is 10.0. The molecule has 7 nitrogen and oxygen atoms in total. The van der Waals surface area contributed by atoms with Crippen LogP contribution < -0.4 is 4.74 Å². The highest BCUT2D eigenvalue weighted by atomic mass is 16.6. The maximum atomic E-state index is 11.7. The standard InChI is InChI=1S/C26H20N2O5/c29-27(30)23-17-21(15-19-7-3-1-4-8-19)11-13-25(23)33-26-14-12-22(18-24(26)28(31)32)16-20-9-5-2-6-10-20/h1-14,17-18H,15-16H2. The maximum Gasteiger partial charge on any atom is 0.311 e. The molecule has 0 atom stereocenters. The van der Waals surface area contributed by atoms with Gasteiger partial charge in [0.1, 0.15) is 0 Å². The van der Waals surface area contributed by atoms with Crippen molar-refractivity contribution in [1.82, 2.24) is 0 Å². The first-order valence-corrected chi connectivity index (χ1v) is 10.3. The van der Waals surface area contributed by atoms with Crippen molar-refractivity contribution in [1.29, 1.82) is 0 Å². The molecule has 7 heteroatoms. The van der Waals surface area contributed by atoms with Crippen LogP contribution in [0.2, 0.25) is 0 Å². The molecule has 0 aliphatic carbocycles. The monoisotopic (exact) mass is 440 g/mol. The first-order chi connectivity index (χ1) is 16.0. The second-order valence-electron chi connectivity index (χ2n) is 7.55. The fourth-order valence-corrected chi connectivity index (χ4v) is 3.59. The van der Waals surface area contributed by atoms with E-state index in [-0.39, 0.29) is 22.9 Å². The van der Waals surface area contributed by atoms with E-state index in [1.165, 1.54) is 24.3 Å². The number of rotatable bonds is 8. The molecule has 0 saturated carbocycles. The smallest absolute Gasteiger partial charge is 0.311 e. The molecular formula is C26H20N2O5. The third-order valence-corrected chi connectivity index (χ3v) is 5.16. The van der Waals surface area contributed by atoms with Gasteiger partial charge in [-0.25, -0.2) is 0 Å². The van der Waals surface area contributed by atoms with Crippen LogP contribution in [0.3, 0.4) is 0 Å². The number of hydrogen-bond donors (Lipinski definition) is 0. The van der Waals surface area contributed by atoms with Gasteiger partial charge in [0.15, 0.2) is 0 Å². The summed E-state index contributed by atoms with van der Waals surface area (Å²) in [5, 5.41) is 23.4. The number of ether oxygens (including phenoxy) is 1. The molecule has 4 rings (SSSR count). The van der Waals surface area contributed by atoms with Crippen LogP contribution in [-0.4, -0.2) is 9.85 Å². The zero-order chi connectivity index (χ0) is 23.2. The van der Waals surface area contributed by atoms with Crippen molar-refractivity contribution >= 4 is 11.4 Å². The van der Waals surface area contributed by atoms with Gasteiger partial charge in [-0.15, -0.1) is 0 Å². The van der Waals surface area contributed by atoms with Crippen LogP contribution in [0.25, 0.3) is 0 Å². The molecule has 0 amide bonds. The first-order valence-electron chi connectivity index (χ1n) is 10.3. The number of nitro benzene ring substituents is 2. The van der Waals surface area contributed by atoms with Crippen LogP contribution in [0.5, 0.6) is 11.5 Å². The average molecular weight is 440 g/mol. The molecule has 0 heterocycles. The van der Waals surface area contributed by atoms with E-state index < -0.39 is 9.85 Å². The lowest BCUT2D eigenvalue weighted by molar-refractivity contribution is -0.387. The Balaban J connectivity index is 1.62. The molecule has 0 bridgehead atoms. The molecule has 0 N–H and O–H groups in total. The Bertz CT molecular complexity index is 1190. The van der Waals surface area contributed by atoms with E-state index >= 15 is 0 Å². The van der Waals surface area contributed by atoms with E-state index in [0.717, 1.165) is 22.3 Å². The molecule has 0 saturated heterocycles. The molecule has 4 aromatic carbocycles. The Morgan fingerprint density at radius 2 is 0.939 bits per heavy atom. The molecule has 33 heavy (non-hydrogen) atoms. The summed E-state index contributed by atoms with van der Waals surface area (Å²) in [4.78, 5) is 22.3. The highest BCUT2D eigenvalue weighted by Crippen LogP contribution is 2.37. The second kappa shape index (κ2) is 9.74. The predicted molar refractivity (Wildman–Crippen MR) is 125 cm³/mol. The third-order valence-electron chi connectivity index (χ3n) is 5.16. The summed E-state index contributed by atoms with van der Waals surface area (Å²) in [6, 6.07) is 28.5. The van der Waals surface area contributed by atoms with Crippen molar-refractivity contribution in [2.75, 3.05) is 0 Å². The number of nitro groups is 2. The minimum Gasteiger partial charge on any atom is -0.443 e. The maximum absolute atomic E-state index is 11.7. The normalized spacial score (nSPS) is 10.5. The van der Waals surface area contributed by atoms with Gasteiger partial charge in [0, 0.05) is 12.1 Å². The van der Waals surface area contributed by atoms with Crippen LogP contribution in [0.1, 0.15) is 22.3 Å². The zero-order valence-electron chi connectivity index (χ0n) is 17.6. The van der Waals surface area contributed by atoms with Gasteiger partial charge < -0.3 is 4.74 Å². The fourth-order valence-electron chi connectivity index (χ4n) is 3.59. The fraction of sp³-hybridized carbons (Fsp3) is 0.0769. The van der Waals surface area contributed by atoms with Gasteiger partial charge in [0.25, 0.3) is 0 Å². The summed E-state index contributed by atoms with van der Waals surface area (Å²) in [6.45, 7) is 0. The van der Waals surface area contributed by atoms with Gasteiger partial charge in [-0.1, -0.05) is 72.8 Å². The lowest BCUT2D eigenvalue weighted by Crippen LogP contribution is -1.99. The summed E-state index contributed by atoms with van der Waals surface area (Å²) in [7, 11) is 0. The number of benzene rings is 4. The predicted octanol–water partition coefficient (Wildman–Crippen LogP) is 6.48. The Hall–Kier alpha value is -4.52. The van der Waals surface area contributed by atoms with Crippen LogP contribution in [0.15, 0.2) is 97.1 Å². The summed E-state index contributed by atoms with van der Waals surface area (Å²) in [6.07, 6.45) is 1.05. The van der Waals surface area contributed by atoms with E-state index in [1.807, 2.05) is 60.7 Å². The molecule has 0 unspecified atom stereocenters. The third kappa shape index (κ3) is 5.40. The van der Waals surface area contributed by atoms with Crippen LogP contribution in [0, 0.1) is 20.2 Å². The number of hydrogen-bond acceptors (Lipinski definition) is 5.